The smallest absolute Gasteiger partial charge is 0.258 e. The molecule has 4 N–H and O–H groups in total. The molecule has 0 aromatic heterocycles. The summed E-state index contributed by atoms with van der Waals surface area (Å²) in [5, 5.41) is 11.4. The largest absolute Gasteiger partial charge is 0.508 e. The van der Waals surface area contributed by atoms with Crippen LogP contribution >= 0.6 is 12.2 Å². The zero-order chi connectivity index (χ0) is 15.6. The van der Waals surface area contributed by atoms with Gasteiger partial charge in [-0.25, -0.2) is 8.78 Å². The van der Waals surface area contributed by atoms with Gasteiger partial charge in [-0.3, -0.25) is 4.79 Å². The number of benzene rings is 2. The van der Waals surface area contributed by atoms with Crippen molar-refractivity contribution in [2.24, 2.45) is 5.73 Å². The molecule has 0 saturated carbocycles. The standard InChI is InChI=1S/C14H10F2N2O2S/c15-9-2-1-3-11(12(9)13(17)21)18-14(20)8-5-4-7(19)6-10(8)16/h1-6,19H,(H2,17,21)(H,18,20). The van der Waals surface area contributed by atoms with E-state index in [1.807, 2.05) is 0 Å². The van der Waals surface area contributed by atoms with Crippen molar-refractivity contribution in [1.82, 2.24) is 0 Å². The van der Waals surface area contributed by atoms with Crippen molar-refractivity contribution < 1.29 is 18.7 Å². The average molecular weight is 308 g/mol. The number of nitrogens with one attached hydrogen (secondary N) is 1. The fourth-order valence-corrected chi connectivity index (χ4v) is 1.96. The molecule has 0 bridgehead atoms. The van der Waals surface area contributed by atoms with Crippen molar-refractivity contribution in [3.05, 3.63) is 59.2 Å². The molecule has 0 fully saturated rings. The number of amides is 1. The van der Waals surface area contributed by atoms with Crippen molar-refractivity contribution in [3.8, 4) is 5.75 Å². The topological polar surface area (TPSA) is 75.3 Å². The summed E-state index contributed by atoms with van der Waals surface area (Å²) < 4.78 is 27.3. The highest BCUT2D eigenvalue weighted by Crippen LogP contribution is 2.21. The number of rotatable bonds is 3. The molecular formula is C14H10F2N2O2S. The summed E-state index contributed by atoms with van der Waals surface area (Å²) in [6, 6.07) is 6.98. The van der Waals surface area contributed by atoms with Crippen molar-refractivity contribution >= 4 is 28.8 Å². The van der Waals surface area contributed by atoms with E-state index < -0.39 is 17.5 Å². The van der Waals surface area contributed by atoms with E-state index in [9.17, 15) is 13.6 Å². The van der Waals surface area contributed by atoms with E-state index in [1.165, 1.54) is 12.1 Å². The van der Waals surface area contributed by atoms with Crippen molar-refractivity contribution in [1.29, 1.82) is 0 Å². The predicted octanol–water partition coefficient (Wildman–Crippen LogP) is 2.56. The Hall–Kier alpha value is -2.54. The number of thiocarbonyl (C=S) groups is 1. The first-order chi connectivity index (χ1) is 9.90. The summed E-state index contributed by atoms with van der Waals surface area (Å²) in [5.41, 5.74) is 5.03. The van der Waals surface area contributed by atoms with Crippen LogP contribution in [0.3, 0.4) is 0 Å². The Kier molecular flexibility index (Phi) is 4.13. The van der Waals surface area contributed by atoms with Crippen LogP contribution in [0.25, 0.3) is 0 Å². The van der Waals surface area contributed by atoms with Gasteiger partial charge in [0.25, 0.3) is 5.91 Å². The molecule has 0 spiro atoms. The van der Waals surface area contributed by atoms with Gasteiger partial charge in [-0.2, -0.15) is 0 Å². The highest BCUT2D eigenvalue weighted by molar-refractivity contribution is 7.80. The molecule has 0 aliphatic heterocycles. The van der Waals surface area contributed by atoms with Crippen molar-refractivity contribution in [2.45, 2.75) is 0 Å². The van der Waals surface area contributed by atoms with Gasteiger partial charge in [-0.05, 0) is 24.3 Å². The Bertz CT molecular complexity index is 735. The van der Waals surface area contributed by atoms with Gasteiger partial charge in [0.15, 0.2) is 0 Å². The third kappa shape index (κ3) is 3.14. The Balaban J connectivity index is 2.36. The number of anilines is 1. The molecule has 0 aliphatic carbocycles. The number of aromatic hydroxyl groups is 1. The van der Waals surface area contributed by atoms with Crippen LogP contribution in [-0.4, -0.2) is 16.0 Å². The number of halogens is 2. The molecule has 2 aromatic carbocycles. The van der Waals surface area contributed by atoms with E-state index in [2.05, 4.69) is 5.32 Å². The van der Waals surface area contributed by atoms with Crippen molar-refractivity contribution in [2.75, 3.05) is 5.32 Å². The minimum Gasteiger partial charge on any atom is -0.508 e. The van der Waals surface area contributed by atoms with Gasteiger partial charge < -0.3 is 16.2 Å². The number of carbonyl (C=O) groups is 1. The Labute approximate surface area is 124 Å². The Morgan fingerprint density at radius 2 is 1.90 bits per heavy atom. The maximum atomic E-state index is 13.7. The molecule has 7 heteroatoms. The lowest BCUT2D eigenvalue weighted by molar-refractivity contribution is 0.102. The average Bonchev–Trinajstić information content (AvgIpc) is 2.37. The van der Waals surface area contributed by atoms with Gasteiger partial charge in [0.2, 0.25) is 0 Å². The summed E-state index contributed by atoms with van der Waals surface area (Å²) in [7, 11) is 0. The molecule has 0 atom stereocenters. The van der Waals surface area contributed by atoms with Crippen LogP contribution in [0.5, 0.6) is 5.75 Å². The van der Waals surface area contributed by atoms with E-state index in [0.29, 0.717) is 0 Å². The monoisotopic (exact) mass is 308 g/mol. The summed E-state index contributed by atoms with van der Waals surface area (Å²) in [6.45, 7) is 0. The second kappa shape index (κ2) is 5.84. The number of carbonyl (C=O) groups excluding carboxylic acids is 1. The van der Waals surface area contributed by atoms with Gasteiger partial charge in [0.1, 0.15) is 22.4 Å². The number of phenolic OH excluding ortho intramolecular Hbond substituents is 1. The quantitative estimate of drug-likeness (QED) is 0.762. The van der Waals surface area contributed by atoms with E-state index in [1.54, 1.807) is 0 Å². The van der Waals surface area contributed by atoms with Gasteiger partial charge in [0, 0.05) is 6.07 Å². The summed E-state index contributed by atoms with van der Waals surface area (Å²) in [4.78, 5) is 11.8. The molecule has 2 rings (SSSR count). The van der Waals surface area contributed by atoms with Crippen LogP contribution in [0.1, 0.15) is 15.9 Å². The summed E-state index contributed by atoms with van der Waals surface area (Å²) in [5.74, 6) is -2.71. The molecule has 2 aromatic rings. The molecule has 0 heterocycles. The molecule has 1 amide bonds. The first-order valence-electron chi connectivity index (χ1n) is 5.78. The molecule has 0 unspecified atom stereocenters. The first kappa shape index (κ1) is 14.9. The molecule has 21 heavy (non-hydrogen) atoms. The van der Waals surface area contributed by atoms with Crippen LogP contribution < -0.4 is 11.1 Å². The molecule has 0 radical (unpaired) electrons. The Morgan fingerprint density at radius 1 is 1.19 bits per heavy atom. The van der Waals surface area contributed by atoms with Gasteiger partial charge in [0.05, 0.1) is 16.8 Å². The summed E-state index contributed by atoms with van der Waals surface area (Å²) in [6.07, 6.45) is 0. The normalized spacial score (nSPS) is 10.2. The maximum absolute atomic E-state index is 13.7. The zero-order valence-electron chi connectivity index (χ0n) is 10.6. The van der Waals surface area contributed by atoms with Gasteiger partial charge in [-0.15, -0.1) is 0 Å². The number of phenols is 1. The van der Waals surface area contributed by atoms with Gasteiger partial charge in [-0.1, -0.05) is 18.3 Å². The SMILES string of the molecule is NC(=S)c1c(F)cccc1NC(=O)c1ccc(O)cc1F. The van der Waals surface area contributed by atoms with Crippen LogP contribution in [0.4, 0.5) is 14.5 Å². The molecule has 0 aliphatic rings. The first-order valence-corrected chi connectivity index (χ1v) is 6.19. The minimum absolute atomic E-state index is 0.0416. The third-order valence-corrected chi connectivity index (χ3v) is 2.91. The van der Waals surface area contributed by atoms with Crippen LogP contribution in [0.2, 0.25) is 0 Å². The van der Waals surface area contributed by atoms with E-state index in [-0.39, 0.29) is 27.6 Å². The lowest BCUT2D eigenvalue weighted by Crippen LogP contribution is -2.19. The second-order valence-electron chi connectivity index (χ2n) is 4.14. The van der Waals surface area contributed by atoms with Crippen LogP contribution in [0, 0.1) is 11.6 Å². The highest BCUT2D eigenvalue weighted by atomic mass is 32.1. The van der Waals surface area contributed by atoms with Crippen molar-refractivity contribution in [3.63, 3.8) is 0 Å². The third-order valence-electron chi connectivity index (χ3n) is 2.71. The summed E-state index contributed by atoms with van der Waals surface area (Å²) >= 11 is 4.73. The Morgan fingerprint density at radius 3 is 2.52 bits per heavy atom. The van der Waals surface area contributed by atoms with E-state index in [4.69, 9.17) is 23.1 Å². The number of nitrogens with two attached hydrogens (primary N) is 1. The highest BCUT2D eigenvalue weighted by Gasteiger charge is 2.17. The van der Waals surface area contributed by atoms with Gasteiger partial charge >= 0.3 is 0 Å². The fraction of sp³-hybridized carbons (Fsp3) is 0. The number of hydrogen-bond acceptors (Lipinski definition) is 3. The van der Waals surface area contributed by atoms with E-state index in [0.717, 1.165) is 24.3 Å². The zero-order valence-corrected chi connectivity index (χ0v) is 11.4. The maximum Gasteiger partial charge on any atom is 0.258 e. The lowest BCUT2D eigenvalue weighted by atomic mass is 10.1. The second-order valence-corrected chi connectivity index (χ2v) is 4.58. The lowest BCUT2D eigenvalue weighted by Gasteiger charge is -2.11. The minimum atomic E-state index is -0.902. The molecule has 4 nitrogen and oxygen atoms in total. The van der Waals surface area contributed by atoms with Crippen LogP contribution in [0.15, 0.2) is 36.4 Å². The number of hydrogen-bond donors (Lipinski definition) is 3. The van der Waals surface area contributed by atoms with Crippen LogP contribution in [-0.2, 0) is 0 Å². The van der Waals surface area contributed by atoms with E-state index >= 15 is 0 Å². The molecule has 0 saturated heterocycles. The predicted molar refractivity (Wildman–Crippen MR) is 78.3 cm³/mol. The molecule has 108 valence electrons. The molecular weight excluding hydrogens is 298 g/mol. The fourth-order valence-electron chi connectivity index (χ4n) is 1.76.